The van der Waals surface area contributed by atoms with E-state index in [1.54, 1.807) is 0 Å². The molecule has 0 radical (unpaired) electrons. The first-order valence-electron chi connectivity index (χ1n) is 6.59. The molecular formula is C13H28N2O. The van der Waals surface area contributed by atoms with Gasteiger partial charge < -0.3 is 15.3 Å². The van der Waals surface area contributed by atoms with Crippen LogP contribution in [0.2, 0.25) is 0 Å². The zero-order chi connectivity index (χ0) is 12.2. The summed E-state index contributed by atoms with van der Waals surface area (Å²) >= 11 is 0. The van der Waals surface area contributed by atoms with E-state index < -0.39 is 0 Å². The van der Waals surface area contributed by atoms with Crippen molar-refractivity contribution in [3.63, 3.8) is 0 Å². The van der Waals surface area contributed by atoms with Gasteiger partial charge in [-0.25, -0.2) is 0 Å². The predicted octanol–water partition coefficient (Wildman–Crippen LogP) is 1.61. The Hall–Kier alpha value is -0.120. The molecule has 1 aliphatic rings. The highest BCUT2D eigenvalue weighted by Crippen LogP contribution is 2.19. The number of likely N-dealkylation sites (tertiary alicyclic amines) is 1. The Labute approximate surface area is 100 Å². The Morgan fingerprint density at radius 1 is 1.50 bits per heavy atom. The minimum Gasteiger partial charge on any atom is -0.394 e. The summed E-state index contributed by atoms with van der Waals surface area (Å²) in [7, 11) is 0. The molecule has 1 fully saturated rings. The third-order valence-corrected chi connectivity index (χ3v) is 3.63. The third-order valence-electron chi connectivity index (χ3n) is 3.63. The maximum atomic E-state index is 9.49. The molecule has 96 valence electrons. The lowest BCUT2D eigenvalue weighted by Crippen LogP contribution is -2.51. The van der Waals surface area contributed by atoms with Crippen LogP contribution in [-0.4, -0.2) is 47.3 Å². The highest BCUT2D eigenvalue weighted by molar-refractivity contribution is 4.86. The topological polar surface area (TPSA) is 35.5 Å². The van der Waals surface area contributed by atoms with Crippen LogP contribution < -0.4 is 5.32 Å². The summed E-state index contributed by atoms with van der Waals surface area (Å²) in [6.07, 6.45) is 3.67. The summed E-state index contributed by atoms with van der Waals surface area (Å²) in [5.74, 6) is 0. The first-order valence-corrected chi connectivity index (χ1v) is 6.59. The minimum absolute atomic E-state index is 0.128. The van der Waals surface area contributed by atoms with E-state index in [9.17, 15) is 5.11 Å². The fourth-order valence-corrected chi connectivity index (χ4v) is 2.61. The van der Waals surface area contributed by atoms with Gasteiger partial charge in [-0.1, -0.05) is 13.8 Å². The summed E-state index contributed by atoms with van der Waals surface area (Å²) in [5, 5.41) is 13.0. The molecule has 0 aliphatic carbocycles. The molecule has 0 spiro atoms. The molecule has 3 nitrogen and oxygen atoms in total. The molecule has 2 N–H and O–H groups in total. The Kier molecular flexibility index (Phi) is 5.22. The first kappa shape index (κ1) is 13.9. The molecule has 1 saturated heterocycles. The van der Waals surface area contributed by atoms with Crippen molar-refractivity contribution in [3.05, 3.63) is 0 Å². The summed E-state index contributed by atoms with van der Waals surface area (Å²) in [4.78, 5) is 2.54. The van der Waals surface area contributed by atoms with Gasteiger partial charge >= 0.3 is 0 Å². The van der Waals surface area contributed by atoms with Gasteiger partial charge in [0.05, 0.1) is 6.61 Å². The van der Waals surface area contributed by atoms with E-state index in [4.69, 9.17) is 0 Å². The van der Waals surface area contributed by atoms with Crippen molar-refractivity contribution in [3.8, 4) is 0 Å². The second-order valence-electron chi connectivity index (χ2n) is 5.80. The van der Waals surface area contributed by atoms with Gasteiger partial charge in [0, 0.05) is 24.2 Å². The molecule has 3 heteroatoms. The number of nitrogens with one attached hydrogen (secondary N) is 1. The zero-order valence-electron chi connectivity index (χ0n) is 11.3. The van der Waals surface area contributed by atoms with Crippen molar-refractivity contribution in [1.82, 2.24) is 10.2 Å². The lowest BCUT2D eigenvalue weighted by Gasteiger charge is -2.33. The minimum atomic E-state index is -0.128. The summed E-state index contributed by atoms with van der Waals surface area (Å²) in [6, 6.07) is 1.15. The molecular weight excluding hydrogens is 200 g/mol. The highest BCUT2D eigenvalue weighted by Gasteiger charge is 2.27. The van der Waals surface area contributed by atoms with Gasteiger partial charge in [0.1, 0.15) is 0 Å². The molecule has 1 rings (SSSR count). The molecule has 1 aliphatic heterocycles. The second kappa shape index (κ2) is 5.99. The SMILES string of the molecule is CC(C)NC(C)(CO)CCN1CCCC1C. The van der Waals surface area contributed by atoms with Gasteiger partial charge in [0.2, 0.25) is 0 Å². The molecule has 0 aromatic heterocycles. The first-order chi connectivity index (χ1) is 7.47. The van der Waals surface area contributed by atoms with Crippen LogP contribution in [0.5, 0.6) is 0 Å². The van der Waals surface area contributed by atoms with Crippen LogP contribution in [-0.2, 0) is 0 Å². The van der Waals surface area contributed by atoms with Gasteiger partial charge in [-0.2, -0.15) is 0 Å². The van der Waals surface area contributed by atoms with Crippen LogP contribution in [0.25, 0.3) is 0 Å². The van der Waals surface area contributed by atoms with E-state index in [0.29, 0.717) is 6.04 Å². The van der Waals surface area contributed by atoms with Crippen LogP contribution >= 0.6 is 0 Å². The number of hydrogen-bond acceptors (Lipinski definition) is 3. The van der Waals surface area contributed by atoms with Crippen molar-refractivity contribution >= 4 is 0 Å². The highest BCUT2D eigenvalue weighted by atomic mass is 16.3. The lowest BCUT2D eigenvalue weighted by atomic mass is 9.97. The summed E-state index contributed by atoms with van der Waals surface area (Å²) in [6.45, 7) is 11.2. The van der Waals surface area contributed by atoms with Gasteiger partial charge in [-0.3, -0.25) is 0 Å². The molecule has 0 saturated carbocycles. The van der Waals surface area contributed by atoms with Gasteiger partial charge in [-0.15, -0.1) is 0 Å². The third kappa shape index (κ3) is 4.04. The average Bonchev–Trinajstić information content (AvgIpc) is 2.60. The molecule has 2 unspecified atom stereocenters. The van der Waals surface area contributed by atoms with Crippen molar-refractivity contribution in [2.75, 3.05) is 19.7 Å². The molecule has 0 amide bonds. The average molecular weight is 228 g/mol. The quantitative estimate of drug-likeness (QED) is 0.725. The smallest absolute Gasteiger partial charge is 0.0611 e. The molecule has 0 bridgehead atoms. The maximum Gasteiger partial charge on any atom is 0.0611 e. The van der Waals surface area contributed by atoms with Gasteiger partial charge in [0.25, 0.3) is 0 Å². The summed E-state index contributed by atoms with van der Waals surface area (Å²) < 4.78 is 0. The Bertz CT molecular complexity index is 208. The van der Waals surface area contributed by atoms with Crippen LogP contribution in [0.15, 0.2) is 0 Å². The Morgan fingerprint density at radius 2 is 2.19 bits per heavy atom. The molecule has 0 aromatic carbocycles. The summed E-state index contributed by atoms with van der Waals surface area (Å²) in [5.41, 5.74) is -0.128. The molecule has 0 aromatic rings. The second-order valence-corrected chi connectivity index (χ2v) is 5.80. The number of hydrogen-bond donors (Lipinski definition) is 2. The van der Waals surface area contributed by atoms with Crippen LogP contribution in [0.1, 0.15) is 47.0 Å². The van der Waals surface area contributed by atoms with Crippen molar-refractivity contribution in [1.29, 1.82) is 0 Å². The predicted molar refractivity (Wildman–Crippen MR) is 68.6 cm³/mol. The fourth-order valence-electron chi connectivity index (χ4n) is 2.61. The van der Waals surface area contributed by atoms with Crippen molar-refractivity contribution < 1.29 is 5.11 Å². The zero-order valence-corrected chi connectivity index (χ0v) is 11.3. The molecule has 1 heterocycles. The number of nitrogens with zero attached hydrogens (tertiary/aromatic N) is 1. The standard InChI is InChI=1S/C13H28N2O/c1-11(2)14-13(4,10-16)7-9-15-8-5-6-12(15)3/h11-12,14,16H,5-10H2,1-4H3. The van der Waals surface area contributed by atoms with E-state index in [1.165, 1.54) is 19.4 Å². The number of aliphatic hydroxyl groups is 1. The van der Waals surface area contributed by atoms with E-state index in [0.717, 1.165) is 19.0 Å². The van der Waals surface area contributed by atoms with E-state index >= 15 is 0 Å². The van der Waals surface area contributed by atoms with Gasteiger partial charge in [0.15, 0.2) is 0 Å². The van der Waals surface area contributed by atoms with E-state index in [1.807, 2.05) is 0 Å². The van der Waals surface area contributed by atoms with Gasteiger partial charge in [-0.05, 0) is 39.7 Å². The Morgan fingerprint density at radius 3 is 2.62 bits per heavy atom. The van der Waals surface area contributed by atoms with Crippen LogP contribution in [0.3, 0.4) is 0 Å². The molecule has 16 heavy (non-hydrogen) atoms. The van der Waals surface area contributed by atoms with Crippen LogP contribution in [0, 0.1) is 0 Å². The normalized spacial score (nSPS) is 26.2. The largest absolute Gasteiger partial charge is 0.394 e. The van der Waals surface area contributed by atoms with E-state index in [2.05, 4.69) is 37.9 Å². The number of rotatable bonds is 6. The van der Waals surface area contributed by atoms with Crippen molar-refractivity contribution in [2.24, 2.45) is 0 Å². The lowest BCUT2D eigenvalue weighted by molar-refractivity contribution is 0.136. The maximum absolute atomic E-state index is 9.49. The van der Waals surface area contributed by atoms with E-state index in [-0.39, 0.29) is 12.1 Å². The van der Waals surface area contributed by atoms with Crippen molar-refractivity contribution in [2.45, 2.75) is 64.6 Å². The monoisotopic (exact) mass is 228 g/mol. The van der Waals surface area contributed by atoms with Crippen LogP contribution in [0.4, 0.5) is 0 Å². The number of aliphatic hydroxyl groups excluding tert-OH is 1. The fraction of sp³-hybridized carbons (Fsp3) is 1.00. The molecule has 2 atom stereocenters. The Balaban J connectivity index is 2.38.